The first-order valence-corrected chi connectivity index (χ1v) is 10.1. The molecule has 1 aromatic heterocycles. The highest BCUT2D eigenvalue weighted by molar-refractivity contribution is 5.90. The van der Waals surface area contributed by atoms with Crippen LogP contribution in [0.15, 0.2) is 82.5 Å². The molecule has 4 atom stereocenters. The number of benzene rings is 2. The topological polar surface area (TPSA) is 137 Å². The molecule has 2 heterocycles. The smallest absolute Gasteiger partial charge is 0.338 e. The molecule has 0 aliphatic carbocycles. The van der Waals surface area contributed by atoms with Crippen LogP contribution in [0, 0.1) is 0 Å². The van der Waals surface area contributed by atoms with Crippen molar-refractivity contribution < 1.29 is 28.9 Å². The first kappa shape index (κ1) is 22.2. The van der Waals surface area contributed by atoms with Gasteiger partial charge in [0.1, 0.15) is 6.10 Å². The summed E-state index contributed by atoms with van der Waals surface area (Å²) in [5.74, 6) is -1.48. The number of esters is 2. The van der Waals surface area contributed by atoms with E-state index in [0.29, 0.717) is 0 Å². The lowest BCUT2D eigenvalue weighted by Gasteiger charge is -2.39. The van der Waals surface area contributed by atoms with Crippen LogP contribution in [-0.4, -0.2) is 51.5 Å². The van der Waals surface area contributed by atoms with Crippen molar-refractivity contribution in [1.29, 1.82) is 0 Å². The number of nitrogens with one attached hydrogen (secondary N) is 1. The Morgan fingerprint density at radius 3 is 2.06 bits per heavy atom. The van der Waals surface area contributed by atoms with Crippen molar-refractivity contribution in [1.82, 2.24) is 9.55 Å². The number of aliphatic hydroxyl groups is 1. The van der Waals surface area contributed by atoms with Crippen molar-refractivity contribution in [3.8, 4) is 0 Å². The van der Waals surface area contributed by atoms with Gasteiger partial charge in [-0.2, -0.15) is 0 Å². The SMILES string of the molecule is O=C(O[C@@H]1[C@H](O)[C@H](OC(=O)c2ccccc2)CO[C@H]1n1ccc(=O)[nH]c1=O)c1ccccc1. The van der Waals surface area contributed by atoms with E-state index < -0.39 is 47.7 Å². The highest BCUT2D eigenvalue weighted by Gasteiger charge is 2.45. The minimum Gasteiger partial charge on any atom is -0.453 e. The summed E-state index contributed by atoms with van der Waals surface area (Å²) < 4.78 is 17.6. The van der Waals surface area contributed by atoms with E-state index in [1.54, 1.807) is 48.5 Å². The molecule has 4 rings (SSSR count). The molecule has 2 N–H and O–H groups in total. The third-order valence-electron chi connectivity index (χ3n) is 5.08. The Bertz CT molecular complexity index is 1240. The standard InChI is InChI=1S/C23H20N2O8/c26-17-11-12-25(23(30)24-17)20-19(33-22(29)15-9-5-2-6-10-15)18(27)16(13-31-20)32-21(28)14-7-3-1-4-8-14/h1-12,16,18-20,27H,13H2,(H,24,26,30)/t16-,18-,19-,20-/m1/s1. The number of nitrogens with zero attached hydrogens (tertiary/aromatic N) is 1. The first-order valence-electron chi connectivity index (χ1n) is 10.1. The van der Waals surface area contributed by atoms with Crippen LogP contribution in [0.2, 0.25) is 0 Å². The minimum absolute atomic E-state index is 0.209. The maximum absolute atomic E-state index is 12.7. The van der Waals surface area contributed by atoms with E-state index in [0.717, 1.165) is 16.8 Å². The number of aliphatic hydroxyl groups excluding tert-OH is 1. The number of hydrogen-bond acceptors (Lipinski definition) is 8. The molecule has 0 radical (unpaired) electrons. The van der Waals surface area contributed by atoms with Gasteiger partial charge in [0, 0.05) is 12.3 Å². The number of ether oxygens (including phenoxy) is 3. The quantitative estimate of drug-likeness (QED) is 0.545. The second-order valence-corrected chi connectivity index (χ2v) is 7.28. The molecule has 1 aliphatic rings. The number of H-pyrrole nitrogens is 1. The fraction of sp³-hybridized carbons (Fsp3) is 0.217. The van der Waals surface area contributed by atoms with Crippen LogP contribution < -0.4 is 11.2 Å². The van der Waals surface area contributed by atoms with Crippen LogP contribution >= 0.6 is 0 Å². The Hall–Kier alpha value is -4.02. The molecule has 10 nitrogen and oxygen atoms in total. The third kappa shape index (κ3) is 4.92. The summed E-state index contributed by atoms with van der Waals surface area (Å²) in [7, 11) is 0. The fourth-order valence-electron chi connectivity index (χ4n) is 3.41. The number of aromatic nitrogens is 2. The molecular weight excluding hydrogens is 432 g/mol. The van der Waals surface area contributed by atoms with Gasteiger partial charge in [0.25, 0.3) is 5.56 Å². The molecule has 3 aromatic rings. The van der Waals surface area contributed by atoms with Crippen molar-refractivity contribution in [2.24, 2.45) is 0 Å². The molecule has 0 unspecified atom stereocenters. The van der Waals surface area contributed by atoms with E-state index in [2.05, 4.69) is 4.98 Å². The Labute approximate surface area is 187 Å². The molecule has 0 amide bonds. The van der Waals surface area contributed by atoms with Gasteiger partial charge in [-0.3, -0.25) is 14.3 Å². The molecule has 0 bridgehead atoms. The van der Waals surface area contributed by atoms with Crippen LogP contribution in [0.5, 0.6) is 0 Å². The average molecular weight is 452 g/mol. The van der Waals surface area contributed by atoms with Crippen LogP contribution in [-0.2, 0) is 14.2 Å². The summed E-state index contributed by atoms with van der Waals surface area (Å²) >= 11 is 0. The van der Waals surface area contributed by atoms with Gasteiger partial charge in [-0.15, -0.1) is 0 Å². The molecule has 33 heavy (non-hydrogen) atoms. The van der Waals surface area contributed by atoms with Crippen LogP contribution in [0.3, 0.4) is 0 Å². The Morgan fingerprint density at radius 1 is 0.909 bits per heavy atom. The summed E-state index contributed by atoms with van der Waals surface area (Å²) in [6.45, 7) is -0.282. The molecule has 1 saturated heterocycles. The number of rotatable bonds is 5. The van der Waals surface area contributed by atoms with Crippen molar-refractivity contribution >= 4 is 11.9 Å². The Kier molecular flexibility index (Phi) is 6.48. The van der Waals surface area contributed by atoms with Crippen LogP contribution in [0.4, 0.5) is 0 Å². The normalized spacial score (nSPS) is 22.3. The third-order valence-corrected chi connectivity index (χ3v) is 5.08. The highest BCUT2D eigenvalue weighted by atomic mass is 16.6. The molecule has 10 heteroatoms. The molecular formula is C23H20N2O8. The molecule has 0 saturated carbocycles. The second-order valence-electron chi connectivity index (χ2n) is 7.28. The lowest BCUT2D eigenvalue weighted by Crippen LogP contribution is -2.55. The van der Waals surface area contributed by atoms with Gasteiger partial charge in [-0.25, -0.2) is 14.4 Å². The average Bonchev–Trinajstić information content (AvgIpc) is 2.83. The summed E-state index contributed by atoms with van der Waals surface area (Å²) in [4.78, 5) is 51.0. The van der Waals surface area contributed by atoms with E-state index in [1.807, 2.05) is 0 Å². The summed E-state index contributed by atoms with van der Waals surface area (Å²) in [6.07, 6.45) is -4.24. The fourth-order valence-corrected chi connectivity index (χ4v) is 3.41. The van der Waals surface area contributed by atoms with Gasteiger partial charge in [-0.1, -0.05) is 36.4 Å². The second kappa shape index (κ2) is 9.63. The van der Waals surface area contributed by atoms with E-state index in [9.17, 15) is 24.3 Å². The molecule has 2 aromatic carbocycles. The molecule has 170 valence electrons. The zero-order chi connectivity index (χ0) is 23.4. The van der Waals surface area contributed by atoms with E-state index in [4.69, 9.17) is 14.2 Å². The van der Waals surface area contributed by atoms with Gasteiger partial charge in [0.05, 0.1) is 17.7 Å². The number of carbonyl (C=O) groups excluding carboxylic acids is 2. The molecule has 0 spiro atoms. The Balaban J connectivity index is 1.61. The Morgan fingerprint density at radius 2 is 1.48 bits per heavy atom. The molecule has 1 aliphatic heterocycles. The van der Waals surface area contributed by atoms with Gasteiger partial charge in [-0.05, 0) is 24.3 Å². The van der Waals surface area contributed by atoms with Gasteiger partial charge in [0.2, 0.25) is 0 Å². The summed E-state index contributed by atoms with van der Waals surface area (Å²) in [6, 6.07) is 17.3. The maximum Gasteiger partial charge on any atom is 0.338 e. The molecule has 1 fully saturated rings. The maximum atomic E-state index is 12.7. The van der Waals surface area contributed by atoms with Gasteiger partial charge < -0.3 is 19.3 Å². The van der Waals surface area contributed by atoms with Gasteiger partial charge in [0.15, 0.2) is 18.4 Å². The number of aromatic amines is 1. The van der Waals surface area contributed by atoms with Crippen molar-refractivity contribution in [2.45, 2.75) is 24.5 Å². The zero-order valence-electron chi connectivity index (χ0n) is 17.2. The van der Waals surface area contributed by atoms with E-state index in [-0.39, 0.29) is 17.7 Å². The lowest BCUT2D eigenvalue weighted by atomic mass is 10.0. The lowest BCUT2D eigenvalue weighted by molar-refractivity contribution is -0.212. The van der Waals surface area contributed by atoms with Crippen LogP contribution in [0.1, 0.15) is 26.9 Å². The van der Waals surface area contributed by atoms with Crippen LogP contribution in [0.25, 0.3) is 0 Å². The highest BCUT2D eigenvalue weighted by Crippen LogP contribution is 2.28. The van der Waals surface area contributed by atoms with Crippen molar-refractivity contribution in [2.75, 3.05) is 6.61 Å². The monoisotopic (exact) mass is 452 g/mol. The predicted octanol–water partition coefficient (Wildman–Crippen LogP) is 0.877. The number of hydrogen-bond donors (Lipinski definition) is 2. The predicted molar refractivity (Wildman–Crippen MR) is 114 cm³/mol. The zero-order valence-corrected chi connectivity index (χ0v) is 17.2. The van der Waals surface area contributed by atoms with Gasteiger partial charge >= 0.3 is 17.6 Å². The summed E-state index contributed by atoms with van der Waals surface area (Å²) in [5.41, 5.74) is -0.970. The van der Waals surface area contributed by atoms with Crippen molar-refractivity contribution in [3.05, 3.63) is 105 Å². The first-order chi connectivity index (χ1) is 15.9. The van der Waals surface area contributed by atoms with Crippen molar-refractivity contribution in [3.63, 3.8) is 0 Å². The van der Waals surface area contributed by atoms with E-state index >= 15 is 0 Å². The van der Waals surface area contributed by atoms with E-state index in [1.165, 1.54) is 12.1 Å². The number of carbonyl (C=O) groups is 2. The largest absolute Gasteiger partial charge is 0.453 e. The minimum atomic E-state index is -1.53. The summed E-state index contributed by atoms with van der Waals surface area (Å²) in [5, 5.41) is 11.0.